The number of rotatable bonds is 6. The number of aromatic nitrogens is 1. The first-order valence-electron chi connectivity index (χ1n) is 12.1. The van der Waals surface area contributed by atoms with E-state index >= 15 is 0 Å². The second-order valence-corrected chi connectivity index (χ2v) is 12.3. The molecule has 6 nitrogen and oxygen atoms in total. The Balaban J connectivity index is 1.53. The first-order chi connectivity index (χ1) is 17.2. The monoisotopic (exact) mass is 519 g/mol. The van der Waals surface area contributed by atoms with Crippen LogP contribution in [0, 0.1) is 20.8 Å². The summed E-state index contributed by atoms with van der Waals surface area (Å²) in [6.45, 7) is 6.68. The Morgan fingerprint density at radius 2 is 1.72 bits per heavy atom. The van der Waals surface area contributed by atoms with E-state index in [1.165, 1.54) is 21.2 Å². The third-order valence-corrected chi connectivity index (χ3v) is 9.75. The first-order valence-corrected chi connectivity index (χ1v) is 14.3. The Morgan fingerprint density at radius 3 is 2.44 bits per heavy atom. The molecule has 8 heteroatoms. The van der Waals surface area contributed by atoms with E-state index in [0.717, 1.165) is 26.9 Å². The van der Waals surface area contributed by atoms with Gasteiger partial charge in [0.05, 0.1) is 21.7 Å². The van der Waals surface area contributed by atoms with Crippen LogP contribution in [0.25, 0.3) is 10.2 Å². The SMILES string of the molecule is Cc1ccc(S(=O)(=O)N2CCCC2C(=O)N(Cc2ccccc2)c2nc3cc(C)c(C)cc3s2)cc1. The maximum Gasteiger partial charge on any atom is 0.247 e. The summed E-state index contributed by atoms with van der Waals surface area (Å²) in [4.78, 5) is 20.8. The molecule has 1 aromatic heterocycles. The Kier molecular flexibility index (Phi) is 6.68. The van der Waals surface area contributed by atoms with Gasteiger partial charge in [-0.3, -0.25) is 9.69 Å². The van der Waals surface area contributed by atoms with Crippen molar-refractivity contribution in [3.8, 4) is 0 Å². The second kappa shape index (κ2) is 9.76. The lowest BCUT2D eigenvalue weighted by Crippen LogP contribution is -2.47. The maximum absolute atomic E-state index is 14.1. The van der Waals surface area contributed by atoms with E-state index in [4.69, 9.17) is 4.98 Å². The summed E-state index contributed by atoms with van der Waals surface area (Å²) < 4.78 is 29.5. The summed E-state index contributed by atoms with van der Waals surface area (Å²) in [5.74, 6) is -0.237. The van der Waals surface area contributed by atoms with Crippen LogP contribution in [0.15, 0.2) is 71.6 Å². The third-order valence-electron chi connectivity index (χ3n) is 6.79. The van der Waals surface area contributed by atoms with Crippen molar-refractivity contribution in [3.63, 3.8) is 0 Å². The van der Waals surface area contributed by atoms with E-state index < -0.39 is 16.1 Å². The van der Waals surface area contributed by atoms with E-state index in [9.17, 15) is 13.2 Å². The van der Waals surface area contributed by atoms with Crippen molar-refractivity contribution in [1.29, 1.82) is 0 Å². The number of amides is 1. The topological polar surface area (TPSA) is 70.6 Å². The zero-order valence-electron chi connectivity index (χ0n) is 20.6. The Labute approximate surface area is 216 Å². The Bertz CT molecular complexity index is 1470. The van der Waals surface area contributed by atoms with E-state index in [-0.39, 0.29) is 10.8 Å². The number of fused-ring (bicyclic) bond motifs is 1. The molecule has 0 spiro atoms. The number of carbonyl (C=O) groups excluding carboxylic acids is 1. The van der Waals surface area contributed by atoms with Gasteiger partial charge in [0.2, 0.25) is 15.9 Å². The van der Waals surface area contributed by atoms with Crippen molar-refractivity contribution in [2.45, 2.75) is 51.1 Å². The molecular formula is C28H29N3O3S2. The summed E-state index contributed by atoms with van der Waals surface area (Å²) in [7, 11) is -3.81. The molecule has 1 aliphatic rings. The molecule has 1 unspecified atom stereocenters. The van der Waals surface area contributed by atoms with Crippen LogP contribution >= 0.6 is 11.3 Å². The molecule has 1 aliphatic heterocycles. The van der Waals surface area contributed by atoms with Gasteiger partial charge in [0.25, 0.3) is 0 Å². The van der Waals surface area contributed by atoms with Gasteiger partial charge in [-0.25, -0.2) is 13.4 Å². The molecule has 1 amide bonds. The molecule has 4 aromatic rings. The number of aryl methyl sites for hydroxylation is 3. The average molecular weight is 520 g/mol. The molecule has 0 aliphatic carbocycles. The van der Waals surface area contributed by atoms with Crippen molar-refractivity contribution in [3.05, 3.63) is 89.0 Å². The molecule has 1 fully saturated rings. The van der Waals surface area contributed by atoms with Crippen LogP contribution in [0.4, 0.5) is 5.13 Å². The standard InChI is InChI=1S/C28H29N3O3S2/c1-19-11-13-23(14-12-19)36(33,34)31-15-7-10-25(31)27(32)30(18-22-8-5-4-6-9-22)28-29-24-16-20(2)21(3)17-26(24)35-28/h4-6,8-9,11-14,16-17,25H,7,10,15,18H2,1-3H3. The van der Waals surface area contributed by atoms with Crippen LogP contribution in [-0.4, -0.2) is 36.2 Å². The quantitative estimate of drug-likeness (QED) is 0.332. The summed E-state index contributed by atoms with van der Waals surface area (Å²) in [5, 5.41) is 0.587. The predicted molar refractivity (Wildman–Crippen MR) is 145 cm³/mol. The fraction of sp³-hybridized carbons (Fsp3) is 0.286. The zero-order valence-corrected chi connectivity index (χ0v) is 22.3. The Morgan fingerprint density at radius 1 is 1.03 bits per heavy atom. The summed E-state index contributed by atoms with van der Waals surface area (Å²) in [6, 6.07) is 19.9. The highest BCUT2D eigenvalue weighted by Gasteiger charge is 2.42. The minimum absolute atomic E-state index is 0.216. The minimum Gasteiger partial charge on any atom is -0.282 e. The van der Waals surface area contributed by atoms with Crippen LogP contribution in [0.3, 0.4) is 0 Å². The van der Waals surface area contributed by atoms with Crippen LogP contribution in [-0.2, 0) is 21.4 Å². The van der Waals surface area contributed by atoms with Gasteiger partial charge in [-0.2, -0.15) is 4.31 Å². The first kappa shape index (κ1) is 24.6. The van der Waals surface area contributed by atoms with Gasteiger partial charge >= 0.3 is 0 Å². The molecule has 3 aromatic carbocycles. The van der Waals surface area contributed by atoms with Crippen molar-refractivity contribution < 1.29 is 13.2 Å². The highest BCUT2D eigenvalue weighted by Crippen LogP contribution is 2.34. The van der Waals surface area contributed by atoms with Crippen LogP contribution in [0.2, 0.25) is 0 Å². The third kappa shape index (κ3) is 4.68. The highest BCUT2D eigenvalue weighted by molar-refractivity contribution is 7.89. The number of thiazole rings is 1. The molecule has 5 rings (SSSR count). The Hall–Kier alpha value is -3.07. The lowest BCUT2D eigenvalue weighted by Gasteiger charge is -2.28. The predicted octanol–water partition coefficient (Wildman–Crippen LogP) is 5.61. The van der Waals surface area contributed by atoms with Crippen molar-refractivity contribution >= 4 is 42.6 Å². The normalized spacial score (nSPS) is 16.5. The molecule has 0 N–H and O–H groups in total. The largest absolute Gasteiger partial charge is 0.282 e. The van der Waals surface area contributed by atoms with Crippen molar-refractivity contribution in [2.75, 3.05) is 11.4 Å². The van der Waals surface area contributed by atoms with Crippen LogP contribution < -0.4 is 4.90 Å². The van der Waals surface area contributed by atoms with Gasteiger partial charge in [0.1, 0.15) is 6.04 Å². The average Bonchev–Trinajstić information content (AvgIpc) is 3.51. The number of benzene rings is 3. The molecule has 0 bridgehead atoms. The number of hydrogen-bond acceptors (Lipinski definition) is 5. The minimum atomic E-state index is -3.81. The van der Waals surface area contributed by atoms with Crippen LogP contribution in [0.1, 0.15) is 35.1 Å². The second-order valence-electron chi connectivity index (χ2n) is 9.40. The van der Waals surface area contributed by atoms with Gasteiger partial charge in [0.15, 0.2) is 5.13 Å². The van der Waals surface area contributed by atoms with E-state index in [0.29, 0.717) is 31.1 Å². The van der Waals surface area contributed by atoms with Crippen molar-refractivity contribution in [1.82, 2.24) is 9.29 Å². The number of hydrogen-bond donors (Lipinski definition) is 0. The zero-order chi connectivity index (χ0) is 25.4. The molecule has 1 atom stereocenters. The van der Waals surface area contributed by atoms with Gasteiger partial charge in [-0.05, 0) is 74.6 Å². The fourth-order valence-corrected chi connectivity index (χ4v) is 7.29. The highest BCUT2D eigenvalue weighted by atomic mass is 32.2. The fourth-order valence-electron chi connectivity index (χ4n) is 4.59. The maximum atomic E-state index is 14.1. The van der Waals surface area contributed by atoms with Crippen molar-refractivity contribution in [2.24, 2.45) is 0 Å². The number of sulfonamides is 1. The summed E-state index contributed by atoms with van der Waals surface area (Å²) in [6.07, 6.45) is 1.12. The smallest absolute Gasteiger partial charge is 0.247 e. The molecule has 0 radical (unpaired) electrons. The van der Waals surface area contributed by atoms with Gasteiger partial charge < -0.3 is 0 Å². The van der Waals surface area contributed by atoms with Gasteiger partial charge in [0, 0.05) is 6.54 Å². The number of nitrogens with zero attached hydrogens (tertiary/aromatic N) is 3. The number of anilines is 1. The molecular weight excluding hydrogens is 490 g/mol. The van der Waals surface area contributed by atoms with E-state index in [1.54, 1.807) is 29.2 Å². The number of carbonyl (C=O) groups is 1. The molecule has 186 valence electrons. The van der Waals surface area contributed by atoms with E-state index in [1.807, 2.05) is 50.2 Å². The van der Waals surface area contributed by atoms with Gasteiger partial charge in [-0.1, -0.05) is 59.4 Å². The lowest BCUT2D eigenvalue weighted by atomic mass is 10.1. The van der Waals surface area contributed by atoms with Crippen LogP contribution in [0.5, 0.6) is 0 Å². The van der Waals surface area contributed by atoms with Gasteiger partial charge in [-0.15, -0.1) is 0 Å². The molecule has 0 saturated carbocycles. The summed E-state index contributed by atoms with van der Waals surface area (Å²) in [5.41, 5.74) is 5.11. The molecule has 2 heterocycles. The van der Waals surface area contributed by atoms with E-state index in [2.05, 4.69) is 13.0 Å². The molecule has 1 saturated heterocycles. The molecule has 36 heavy (non-hydrogen) atoms. The summed E-state index contributed by atoms with van der Waals surface area (Å²) >= 11 is 1.47. The lowest BCUT2D eigenvalue weighted by molar-refractivity contribution is -0.121.